The van der Waals surface area contributed by atoms with E-state index >= 15 is 0 Å². The number of aromatic nitrogens is 1. The molecular formula is C22H39NP+. The molecular weight excluding hydrogens is 309 g/mol. The van der Waals surface area contributed by atoms with Crippen LogP contribution in [0.5, 0.6) is 0 Å². The predicted molar refractivity (Wildman–Crippen MR) is 115 cm³/mol. The largest absolute Gasteiger partial charge is 0.361 e. The third-order valence-electron chi connectivity index (χ3n) is 5.09. The lowest BCUT2D eigenvalue weighted by Gasteiger charge is -2.26. The van der Waals surface area contributed by atoms with Crippen LogP contribution in [-0.2, 0) is 0 Å². The van der Waals surface area contributed by atoms with Crippen molar-refractivity contribution >= 4 is 18.2 Å². The highest BCUT2D eigenvalue weighted by molar-refractivity contribution is 7.75. The van der Waals surface area contributed by atoms with Crippen LogP contribution in [0, 0.1) is 0 Å². The lowest BCUT2D eigenvalue weighted by atomic mass is 10.3. The number of hydrogen-bond acceptors (Lipinski definition) is 0. The molecule has 0 aliphatic carbocycles. The Labute approximate surface area is 151 Å². The Bertz CT molecular complexity index is 479. The lowest BCUT2D eigenvalue weighted by molar-refractivity contribution is 0.834. The molecule has 0 saturated carbocycles. The molecule has 0 bridgehead atoms. The zero-order chi connectivity index (χ0) is 17.7. The van der Waals surface area contributed by atoms with E-state index < -0.39 is 7.26 Å². The van der Waals surface area contributed by atoms with Crippen LogP contribution in [0.3, 0.4) is 0 Å². The summed E-state index contributed by atoms with van der Waals surface area (Å²) >= 11 is 0. The monoisotopic (exact) mass is 348 g/mol. The molecule has 0 radical (unpaired) electrons. The molecule has 1 aromatic heterocycles. The predicted octanol–water partition coefficient (Wildman–Crippen LogP) is 7.59. The van der Waals surface area contributed by atoms with Crippen molar-refractivity contribution in [2.45, 2.75) is 66.2 Å². The molecule has 0 aliphatic rings. The summed E-state index contributed by atoms with van der Waals surface area (Å²) in [6, 6.07) is 10.3. The van der Waals surface area contributed by atoms with Crippen LogP contribution >= 0.6 is 7.26 Å². The fourth-order valence-electron chi connectivity index (χ4n) is 3.29. The third-order valence-corrected chi connectivity index (χ3v) is 10.2. The molecule has 0 saturated heterocycles. The van der Waals surface area contributed by atoms with E-state index in [9.17, 15) is 0 Å². The van der Waals surface area contributed by atoms with Crippen molar-refractivity contribution in [2.24, 2.45) is 0 Å². The number of hydrogen-bond donors (Lipinski definition) is 1. The number of rotatable bonds is 10. The summed E-state index contributed by atoms with van der Waals surface area (Å²) in [6.07, 6.45) is 16.8. The maximum atomic E-state index is 3.12. The zero-order valence-corrected chi connectivity index (χ0v) is 17.4. The number of H-pyrrole nitrogens is 1. The molecule has 2 heteroatoms. The molecule has 0 fully saturated rings. The zero-order valence-electron chi connectivity index (χ0n) is 16.5. The van der Waals surface area contributed by atoms with Gasteiger partial charge in [0.1, 0.15) is 0 Å². The van der Waals surface area contributed by atoms with Gasteiger partial charge in [-0.2, -0.15) is 0 Å². The van der Waals surface area contributed by atoms with Crippen LogP contribution in [0.1, 0.15) is 66.2 Å². The number of nitrogens with one attached hydrogen (secondary N) is 1. The fraction of sp³-hybridized carbons (Fsp3) is 0.636. The summed E-state index contributed by atoms with van der Waals surface area (Å²) < 4.78 is 0. The SMILES string of the molecule is CCCC[P+](CC)(CCCC)CCCC.c1ccc2[nH]ccc2c1. The van der Waals surface area contributed by atoms with Crippen LogP contribution in [0.2, 0.25) is 0 Å². The molecule has 1 heterocycles. The molecule has 0 atom stereocenters. The highest BCUT2D eigenvalue weighted by atomic mass is 31.2. The molecule has 0 aliphatic heterocycles. The Balaban J connectivity index is 0.000000267. The molecule has 0 spiro atoms. The number of benzene rings is 1. The van der Waals surface area contributed by atoms with E-state index in [1.54, 1.807) is 18.5 Å². The molecule has 2 aromatic rings. The van der Waals surface area contributed by atoms with Gasteiger partial charge in [0.2, 0.25) is 0 Å². The molecule has 1 aromatic carbocycles. The second-order valence-electron chi connectivity index (χ2n) is 6.95. The summed E-state index contributed by atoms with van der Waals surface area (Å²) in [5.74, 6) is 0. The summed E-state index contributed by atoms with van der Waals surface area (Å²) in [4.78, 5) is 3.12. The van der Waals surface area contributed by atoms with Gasteiger partial charge in [-0.25, -0.2) is 0 Å². The molecule has 2 rings (SSSR count). The van der Waals surface area contributed by atoms with E-state index in [1.165, 1.54) is 55.6 Å². The van der Waals surface area contributed by atoms with Crippen molar-refractivity contribution in [1.82, 2.24) is 4.98 Å². The Hall–Kier alpha value is -0.810. The fourth-order valence-corrected chi connectivity index (χ4v) is 7.87. The first-order chi connectivity index (χ1) is 11.7. The van der Waals surface area contributed by atoms with Crippen molar-refractivity contribution in [3.8, 4) is 0 Å². The van der Waals surface area contributed by atoms with E-state index in [0.29, 0.717) is 0 Å². The topological polar surface area (TPSA) is 15.8 Å². The third kappa shape index (κ3) is 7.39. The number of unbranched alkanes of at least 4 members (excludes halogenated alkanes) is 3. The summed E-state index contributed by atoms with van der Waals surface area (Å²) in [7, 11) is -0.527. The summed E-state index contributed by atoms with van der Waals surface area (Å²) in [5.41, 5.74) is 1.21. The van der Waals surface area contributed by atoms with Crippen LogP contribution < -0.4 is 0 Å². The summed E-state index contributed by atoms with van der Waals surface area (Å²) in [6.45, 7) is 9.46. The van der Waals surface area contributed by atoms with Crippen molar-refractivity contribution in [2.75, 3.05) is 24.6 Å². The van der Waals surface area contributed by atoms with Gasteiger partial charge in [-0.1, -0.05) is 58.2 Å². The Morgan fingerprint density at radius 1 is 0.750 bits per heavy atom. The van der Waals surface area contributed by atoms with E-state index in [1.807, 2.05) is 18.3 Å². The molecule has 24 heavy (non-hydrogen) atoms. The number of aromatic amines is 1. The molecule has 0 amide bonds. The van der Waals surface area contributed by atoms with Crippen LogP contribution in [0.25, 0.3) is 10.9 Å². The van der Waals surface area contributed by atoms with Gasteiger partial charge in [0.05, 0.1) is 24.6 Å². The summed E-state index contributed by atoms with van der Waals surface area (Å²) in [5, 5.41) is 1.28. The van der Waals surface area contributed by atoms with Gasteiger partial charge in [-0.15, -0.1) is 0 Å². The van der Waals surface area contributed by atoms with E-state index in [2.05, 4.69) is 50.9 Å². The highest BCUT2D eigenvalue weighted by Gasteiger charge is 2.32. The molecule has 1 nitrogen and oxygen atoms in total. The first-order valence-electron chi connectivity index (χ1n) is 10.1. The smallest absolute Gasteiger partial charge is 0.0594 e. The van der Waals surface area contributed by atoms with E-state index in [4.69, 9.17) is 0 Å². The standard InChI is InChI=1S/C14H32P.C8H7N/c1-5-9-12-15(8-4,13-10-6-2)14-11-7-3;1-2-4-8-7(3-1)5-6-9-8/h5-14H2,1-4H3;1-6,9H/q+1;. The van der Waals surface area contributed by atoms with Gasteiger partial charge in [0, 0.05) is 19.0 Å². The van der Waals surface area contributed by atoms with Gasteiger partial charge in [0.25, 0.3) is 0 Å². The van der Waals surface area contributed by atoms with Gasteiger partial charge < -0.3 is 4.98 Å². The number of para-hydroxylation sites is 1. The maximum Gasteiger partial charge on any atom is 0.0594 e. The van der Waals surface area contributed by atoms with Gasteiger partial charge >= 0.3 is 0 Å². The van der Waals surface area contributed by atoms with Crippen molar-refractivity contribution in [3.63, 3.8) is 0 Å². The minimum Gasteiger partial charge on any atom is -0.361 e. The Morgan fingerprint density at radius 2 is 1.29 bits per heavy atom. The minimum atomic E-state index is -0.527. The van der Waals surface area contributed by atoms with Gasteiger partial charge in [-0.3, -0.25) is 0 Å². The van der Waals surface area contributed by atoms with Crippen molar-refractivity contribution < 1.29 is 0 Å². The Morgan fingerprint density at radius 3 is 1.75 bits per heavy atom. The van der Waals surface area contributed by atoms with Crippen LogP contribution in [0.15, 0.2) is 36.5 Å². The van der Waals surface area contributed by atoms with E-state index in [-0.39, 0.29) is 0 Å². The highest BCUT2D eigenvalue weighted by Crippen LogP contribution is 2.60. The molecule has 0 unspecified atom stereocenters. The number of fused-ring (bicyclic) bond motifs is 1. The quantitative estimate of drug-likeness (QED) is 0.426. The lowest BCUT2D eigenvalue weighted by Crippen LogP contribution is -2.11. The normalized spacial score (nSPS) is 11.3. The minimum absolute atomic E-state index is 0.527. The van der Waals surface area contributed by atoms with Gasteiger partial charge in [-0.05, 0) is 43.7 Å². The van der Waals surface area contributed by atoms with Gasteiger partial charge in [0.15, 0.2) is 0 Å². The van der Waals surface area contributed by atoms with Crippen LogP contribution in [-0.4, -0.2) is 29.6 Å². The second-order valence-corrected chi connectivity index (χ2v) is 11.6. The van der Waals surface area contributed by atoms with Crippen LogP contribution in [0.4, 0.5) is 0 Å². The van der Waals surface area contributed by atoms with Crippen molar-refractivity contribution in [1.29, 1.82) is 0 Å². The van der Waals surface area contributed by atoms with Crippen molar-refractivity contribution in [3.05, 3.63) is 36.5 Å². The average molecular weight is 349 g/mol. The molecule has 1 N–H and O–H groups in total. The maximum absolute atomic E-state index is 3.12. The first-order valence-corrected chi connectivity index (χ1v) is 12.6. The van der Waals surface area contributed by atoms with E-state index in [0.717, 1.165) is 0 Å². The Kier molecular flexibility index (Phi) is 11.1. The second kappa shape index (κ2) is 12.5. The average Bonchev–Trinajstić information content (AvgIpc) is 3.11. The molecule has 136 valence electrons. The first kappa shape index (κ1) is 21.2.